The van der Waals surface area contributed by atoms with E-state index >= 15 is 0 Å². The molecular formula is C15H24FNO. The van der Waals surface area contributed by atoms with E-state index in [1.165, 1.54) is 12.1 Å². The lowest BCUT2D eigenvalue weighted by atomic mass is 10.1. The second kappa shape index (κ2) is 7.37. The van der Waals surface area contributed by atoms with E-state index in [1.54, 1.807) is 12.1 Å². The quantitative estimate of drug-likeness (QED) is 0.803. The summed E-state index contributed by atoms with van der Waals surface area (Å²) >= 11 is 0. The lowest BCUT2D eigenvalue weighted by Crippen LogP contribution is -2.36. The van der Waals surface area contributed by atoms with Gasteiger partial charge in [0.05, 0.1) is 0 Å². The fraction of sp³-hybridized carbons (Fsp3) is 0.600. The maximum atomic E-state index is 12.8. The first-order chi connectivity index (χ1) is 8.49. The van der Waals surface area contributed by atoms with Gasteiger partial charge in [0.15, 0.2) is 0 Å². The van der Waals surface area contributed by atoms with Crippen LogP contribution < -0.4 is 10.1 Å². The second-order valence-corrected chi connectivity index (χ2v) is 5.41. The zero-order chi connectivity index (χ0) is 13.5. The number of halogens is 1. The molecule has 1 rings (SSSR count). The van der Waals surface area contributed by atoms with Crippen molar-refractivity contribution in [2.45, 2.75) is 33.8 Å². The van der Waals surface area contributed by atoms with E-state index in [-0.39, 0.29) is 11.9 Å². The summed E-state index contributed by atoms with van der Waals surface area (Å²) in [5, 5.41) is 3.40. The normalized spacial score (nSPS) is 13.1. The third-order valence-corrected chi connectivity index (χ3v) is 2.74. The summed E-state index contributed by atoms with van der Waals surface area (Å²) in [5.74, 6) is 1.53. The van der Waals surface area contributed by atoms with Crippen LogP contribution in [0.5, 0.6) is 5.75 Å². The van der Waals surface area contributed by atoms with Crippen LogP contribution in [0.4, 0.5) is 4.39 Å². The summed E-state index contributed by atoms with van der Waals surface area (Å²) in [7, 11) is 0. The van der Waals surface area contributed by atoms with Gasteiger partial charge in [-0.3, -0.25) is 0 Å². The van der Waals surface area contributed by atoms with Crippen molar-refractivity contribution in [1.82, 2.24) is 5.32 Å². The highest BCUT2D eigenvalue weighted by Crippen LogP contribution is 2.16. The molecule has 0 bridgehead atoms. The average Bonchev–Trinajstić information content (AvgIpc) is 2.30. The van der Waals surface area contributed by atoms with Gasteiger partial charge in [0.2, 0.25) is 0 Å². The van der Waals surface area contributed by atoms with Crippen molar-refractivity contribution in [3.8, 4) is 5.75 Å². The Labute approximate surface area is 110 Å². The van der Waals surface area contributed by atoms with Gasteiger partial charge < -0.3 is 10.1 Å². The summed E-state index contributed by atoms with van der Waals surface area (Å²) in [6.07, 6.45) is 0.106. The van der Waals surface area contributed by atoms with Gasteiger partial charge in [-0.2, -0.15) is 0 Å². The molecule has 0 heterocycles. The summed E-state index contributed by atoms with van der Waals surface area (Å²) in [4.78, 5) is 0. The highest BCUT2D eigenvalue weighted by atomic mass is 19.1. The van der Waals surface area contributed by atoms with Crippen molar-refractivity contribution < 1.29 is 9.13 Å². The van der Waals surface area contributed by atoms with Gasteiger partial charge in [-0.15, -0.1) is 0 Å². The fourth-order valence-electron chi connectivity index (χ4n) is 1.62. The van der Waals surface area contributed by atoms with Crippen LogP contribution in [-0.4, -0.2) is 19.2 Å². The monoisotopic (exact) mass is 253 g/mol. The molecule has 1 N–H and O–H groups in total. The Kier molecular flexibility index (Phi) is 6.13. The molecule has 1 atom stereocenters. The summed E-state index contributed by atoms with van der Waals surface area (Å²) in [5.41, 5.74) is 0. The minimum absolute atomic E-state index is 0.106. The van der Waals surface area contributed by atoms with E-state index in [4.69, 9.17) is 4.74 Å². The molecule has 1 unspecified atom stereocenters. The number of rotatable bonds is 7. The zero-order valence-electron chi connectivity index (χ0n) is 11.7. The Bertz CT molecular complexity index is 335. The topological polar surface area (TPSA) is 21.3 Å². The average molecular weight is 253 g/mol. The van der Waals surface area contributed by atoms with E-state index < -0.39 is 0 Å². The molecule has 0 fully saturated rings. The van der Waals surface area contributed by atoms with Crippen molar-refractivity contribution >= 4 is 0 Å². The first-order valence-electron chi connectivity index (χ1n) is 6.62. The van der Waals surface area contributed by atoms with Crippen LogP contribution >= 0.6 is 0 Å². The summed E-state index contributed by atoms with van der Waals surface area (Å²) < 4.78 is 18.7. The number of nitrogens with one attached hydrogen (secondary N) is 1. The van der Waals surface area contributed by atoms with Crippen molar-refractivity contribution in [3.05, 3.63) is 30.1 Å². The predicted molar refractivity (Wildman–Crippen MR) is 73.4 cm³/mol. The van der Waals surface area contributed by atoms with Crippen molar-refractivity contribution in [2.24, 2.45) is 11.8 Å². The summed E-state index contributed by atoms with van der Waals surface area (Å²) in [6.45, 7) is 10.4. The second-order valence-electron chi connectivity index (χ2n) is 5.41. The highest BCUT2D eigenvalue weighted by molar-refractivity contribution is 5.22. The number of benzene rings is 1. The predicted octanol–water partition coefficient (Wildman–Crippen LogP) is 3.47. The Balaban J connectivity index is 2.49. The van der Waals surface area contributed by atoms with Crippen molar-refractivity contribution in [1.29, 1.82) is 0 Å². The van der Waals surface area contributed by atoms with Crippen LogP contribution in [0.15, 0.2) is 24.3 Å². The molecule has 0 saturated carbocycles. The van der Waals surface area contributed by atoms with Crippen LogP contribution in [-0.2, 0) is 0 Å². The number of hydrogen-bond acceptors (Lipinski definition) is 2. The van der Waals surface area contributed by atoms with Gasteiger partial charge in [0.25, 0.3) is 0 Å². The molecule has 0 aromatic heterocycles. The molecular weight excluding hydrogens is 229 g/mol. The molecule has 0 radical (unpaired) electrons. The largest absolute Gasteiger partial charge is 0.489 e. The van der Waals surface area contributed by atoms with E-state index in [0.29, 0.717) is 11.8 Å². The molecule has 102 valence electrons. The van der Waals surface area contributed by atoms with Crippen molar-refractivity contribution in [2.75, 3.05) is 13.1 Å². The number of hydrogen-bond donors (Lipinski definition) is 1. The lowest BCUT2D eigenvalue weighted by molar-refractivity contribution is 0.148. The van der Waals surface area contributed by atoms with Crippen LogP contribution in [0.2, 0.25) is 0 Å². The smallest absolute Gasteiger partial charge is 0.123 e. The zero-order valence-corrected chi connectivity index (χ0v) is 11.7. The van der Waals surface area contributed by atoms with E-state index in [1.807, 2.05) is 0 Å². The van der Waals surface area contributed by atoms with Crippen molar-refractivity contribution in [3.63, 3.8) is 0 Å². The maximum absolute atomic E-state index is 12.8. The molecule has 0 aliphatic carbocycles. The number of ether oxygens (including phenoxy) is 1. The van der Waals surface area contributed by atoms with Gasteiger partial charge >= 0.3 is 0 Å². The highest BCUT2D eigenvalue weighted by Gasteiger charge is 2.15. The molecule has 2 nitrogen and oxygen atoms in total. The molecule has 3 heteroatoms. The third kappa shape index (κ3) is 5.50. The van der Waals surface area contributed by atoms with Gasteiger partial charge in [-0.05, 0) is 42.6 Å². The Hall–Kier alpha value is -1.09. The molecule has 18 heavy (non-hydrogen) atoms. The molecule has 0 spiro atoms. The van der Waals surface area contributed by atoms with Crippen LogP contribution in [0.3, 0.4) is 0 Å². The van der Waals surface area contributed by atoms with Gasteiger partial charge in [0, 0.05) is 6.54 Å². The Morgan fingerprint density at radius 3 is 2.17 bits per heavy atom. The first kappa shape index (κ1) is 15.0. The molecule has 0 saturated heterocycles. The van der Waals surface area contributed by atoms with Gasteiger partial charge in [0.1, 0.15) is 17.7 Å². The molecule has 0 aliphatic heterocycles. The lowest BCUT2D eigenvalue weighted by Gasteiger charge is -2.23. The van der Waals surface area contributed by atoms with Gasteiger partial charge in [-0.1, -0.05) is 27.7 Å². The molecule has 0 amide bonds. The molecule has 1 aromatic carbocycles. The van der Waals surface area contributed by atoms with E-state index in [2.05, 4.69) is 33.0 Å². The standard InChI is InChI=1S/C15H24FNO/c1-11(2)9-17-10-15(12(3)4)18-14-7-5-13(16)6-8-14/h5-8,11-12,15,17H,9-10H2,1-4H3. The Morgan fingerprint density at radius 1 is 1.06 bits per heavy atom. The fourth-order valence-corrected chi connectivity index (χ4v) is 1.62. The SMILES string of the molecule is CC(C)CNCC(Oc1ccc(F)cc1)C(C)C. The molecule has 0 aliphatic rings. The van der Waals surface area contributed by atoms with E-state index in [0.717, 1.165) is 18.8 Å². The minimum Gasteiger partial charge on any atom is -0.489 e. The van der Waals surface area contributed by atoms with Crippen LogP contribution in [0.1, 0.15) is 27.7 Å². The Morgan fingerprint density at radius 2 is 1.67 bits per heavy atom. The van der Waals surface area contributed by atoms with Gasteiger partial charge in [-0.25, -0.2) is 4.39 Å². The maximum Gasteiger partial charge on any atom is 0.123 e. The van der Waals surface area contributed by atoms with E-state index in [9.17, 15) is 4.39 Å². The first-order valence-corrected chi connectivity index (χ1v) is 6.62. The summed E-state index contributed by atoms with van der Waals surface area (Å²) in [6, 6.07) is 6.20. The minimum atomic E-state index is -0.235. The van der Waals surface area contributed by atoms with Crippen LogP contribution in [0.25, 0.3) is 0 Å². The third-order valence-electron chi connectivity index (χ3n) is 2.74. The van der Waals surface area contributed by atoms with Crippen LogP contribution in [0, 0.1) is 17.7 Å². The molecule has 1 aromatic rings.